The molecule has 1 amide bonds. The highest BCUT2D eigenvalue weighted by molar-refractivity contribution is 7.09. The van der Waals surface area contributed by atoms with Crippen molar-refractivity contribution in [2.45, 2.75) is 38.3 Å². The second-order valence-corrected chi connectivity index (χ2v) is 7.03. The predicted molar refractivity (Wildman–Crippen MR) is 102 cm³/mol. The summed E-state index contributed by atoms with van der Waals surface area (Å²) < 4.78 is 5.95. The summed E-state index contributed by atoms with van der Waals surface area (Å²) in [5, 5.41) is 5.80. The predicted octanol–water partition coefficient (Wildman–Crippen LogP) is 3.02. The average Bonchev–Trinajstić information content (AvgIpc) is 3.05. The van der Waals surface area contributed by atoms with Crippen LogP contribution in [0.5, 0.6) is 0 Å². The van der Waals surface area contributed by atoms with Crippen molar-refractivity contribution in [2.75, 3.05) is 13.2 Å². The minimum atomic E-state index is -0.137. The number of hydrogen-bond donors (Lipinski definition) is 2. The van der Waals surface area contributed by atoms with Crippen molar-refractivity contribution in [3.8, 4) is 0 Å². The van der Waals surface area contributed by atoms with Crippen LogP contribution in [-0.4, -0.2) is 30.1 Å². The fourth-order valence-corrected chi connectivity index (χ4v) is 3.70. The lowest BCUT2D eigenvalue weighted by atomic mass is 9.95. The van der Waals surface area contributed by atoms with E-state index in [-0.39, 0.29) is 30.5 Å². The molecule has 2 heterocycles. The molecule has 5 nitrogen and oxygen atoms in total. The molecule has 1 aromatic carbocycles. The summed E-state index contributed by atoms with van der Waals surface area (Å²) in [6.07, 6.45) is 2.45. The lowest BCUT2D eigenvalue weighted by Gasteiger charge is -2.32. The SMILES string of the molecule is Cc1ccc(C2OCCCC2NC(=O)c2csc(CCN)n2)cc1.Cl. The van der Waals surface area contributed by atoms with E-state index in [1.807, 2.05) is 0 Å². The fraction of sp³-hybridized carbons (Fsp3) is 0.444. The first-order valence-corrected chi connectivity index (χ1v) is 9.19. The molecule has 2 atom stereocenters. The molecular weight excluding hydrogens is 358 g/mol. The second kappa shape index (κ2) is 9.29. The number of thiazole rings is 1. The third-order valence-electron chi connectivity index (χ3n) is 4.19. The summed E-state index contributed by atoms with van der Waals surface area (Å²) in [6, 6.07) is 8.27. The number of benzene rings is 1. The van der Waals surface area contributed by atoms with E-state index >= 15 is 0 Å². The highest BCUT2D eigenvalue weighted by atomic mass is 35.5. The van der Waals surface area contributed by atoms with E-state index in [0.29, 0.717) is 18.7 Å². The number of carbonyl (C=O) groups is 1. The molecule has 25 heavy (non-hydrogen) atoms. The molecule has 2 aromatic rings. The van der Waals surface area contributed by atoms with Crippen molar-refractivity contribution >= 4 is 29.7 Å². The highest BCUT2D eigenvalue weighted by Gasteiger charge is 2.29. The van der Waals surface area contributed by atoms with E-state index in [9.17, 15) is 4.79 Å². The van der Waals surface area contributed by atoms with Crippen LogP contribution in [0.15, 0.2) is 29.6 Å². The standard InChI is InChI=1S/C18H23N3O2S.ClH/c1-12-4-6-13(7-5-12)17-14(3-2-10-23-17)21-18(22)15-11-24-16(20-15)8-9-19;/h4-7,11,14,17H,2-3,8-10,19H2,1H3,(H,21,22);1H. The Morgan fingerprint density at radius 1 is 1.40 bits per heavy atom. The molecule has 3 rings (SSSR count). The smallest absolute Gasteiger partial charge is 0.271 e. The number of nitrogens with zero attached hydrogens (tertiary/aromatic N) is 1. The van der Waals surface area contributed by atoms with Crippen LogP contribution in [0, 0.1) is 6.92 Å². The largest absolute Gasteiger partial charge is 0.371 e. The minimum Gasteiger partial charge on any atom is -0.371 e. The van der Waals surface area contributed by atoms with Crippen molar-refractivity contribution in [1.29, 1.82) is 0 Å². The number of carbonyl (C=O) groups excluding carboxylic acids is 1. The average molecular weight is 382 g/mol. The molecule has 7 heteroatoms. The van der Waals surface area contributed by atoms with Crippen molar-refractivity contribution in [3.05, 3.63) is 51.5 Å². The first-order chi connectivity index (χ1) is 11.7. The number of halogens is 1. The molecule has 1 aliphatic heterocycles. The Morgan fingerprint density at radius 3 is 2.88 bits per heavy atom. The zero-order chi connectivity index (χ0) is 16.9. The van der Waals surface area contributed by atoms with Gasteiger partial charge in [-0.25, -0.2) is 4.98 Å². The number of rotatable bonds is 5. The van der Waals surface area contributed by atoms with Crippen LogP contribution in [0.25, 0.3) is 0 Å². The van der Waals surface area contributed by atoms with Crippen LogP contribution in [-0.2, 0) is 11.2 Å². The van der Waals surface area contributed by atoms with Gasteiger partial charge in [0.2, 0.25) is 0 Å². The van der Waals surface area contributed by atoms with E-state index in [0.717, 1.165) is 30.0 Å². The topological polar surface area (TPSA) is 77.2 Å². The minimum absolute atomic E-state index is 0. The van der Waals surface area contributed by atoms with Gasteiger partial charge in [0.1, 0.15) is 11.8 Å². The summed E-state index contributed by atoms with van der Waals surface area (Å²) in [6.45, 7) is 3.33. The zero-order valence-electron chi connectivity index (χ0n) is 14.2. The van der Waals surface area contributed by atoms with E-state index in [1.165, 1.54) is 16.9 Å². The molecular formula is C18H24ClN3O2S. The first-order valence-electron chi connectivity index (χ1n) is 8.31. The van der Waals surface area contributed by atoms with Crippen LogP contribution in [0.3, 0.4) is 0 Å². The third kappa shape index (κ3) is 5.01. The van der Waals surface area contributed by atoms with Crippen LogP contribution >= 0.6 is 23.7 Å². The van der Waals surface area contributed by atoms with Gasteiger partial charge in [-0.1, -0.05) is 29.8 Å². The Balaban J connectivity index is 0.00000225. The number of nitrogens with two attached hydrogens (primary N) is 1. The van der Waals surface area contributed by atoms with Crippen LogP contribution in [0.4, 0.5) is 0 Å². The van der Waals surface area contributed by atoms with Crippen molar-refractivity contribution in [3.63, 3.8) is 0 Å². The molecule has 1 aromatic heterocycles. The Hall–Kier alpha value is -1.47. The van der Waals surface area contributed by atoms with Crippen LogP contribution in [0.1, 0.15) is 45.6 Å². The second-order valence-electron chi connectivity index (χ2n) is 6.09. The van der Waals surface area contributed by atoms with E-state index < -0.39 is 0 Å². The highest BCUT2D eigenvalue weighted by Crippen LogP contribution is 2.29. The zero-order valence-corrected chi connectivity index (χ0v) is 15.9. The normalized spacial score (nSPS) is 19.9. The van der Waals surface area contributed by atoms with Crippen molar-refractivity contribution in [2.24, 2.45) is 5.73 Å². The number of aromatic nitrogens is 1. The van der Waals surface area contributed by atoms with Gasteiger partial charge in [-0.2, -0.15) is 0 Å². The van der Waals surface area contributed by atoms with Gasteiger partial charge in [-0.3, -0.25) is 4.79 Å². The summed E-state index contributed by atoms with van der Waals surface area (Å²) in [5.41, 5.74) is 8.32. The fourth-order valence-electron chi connectivity index (χ4n) is 2.91. The monoisotopic (exact) mass is 381 g/mol. The Morgan fingerprint density at radius 2 is 2.16 bits per heavy atom. The van der Waals surface area contributed by atoms with Gasteiger partial charge >= 0.3 is 0 Å². The lowest BCUT2D eigenvalue weighted by molar-refractivity contribution is -0.00951. The summed E-state index contributed by atoms with van der Waals surface area (Å²) >= 11 is 1.48. The van der Waals surface area contributed by atoms with Crippen molar-refractivity contribution < 1.29 is 9.53 Å². The van der Waals surface area contributed by atoms with Crippen LogP contribution in [0.2, 0.25) is 0 Å². The quantitative estimate of drug-likeness (QED) is 0.834. The maximum Gasteiger partial charge on any atom is 0.271 e. The summed E-state index contributed by atoms with van der Waals surface area (Å²) in [5.74, 6) is -0.137. The number of aryl methyl sites for hydroxylation is 1. The maximum atomic E-state index is 12.5. The molecule has 1 saturated heterocycles. The Labute approximate surface area is 158 Å². The molecule has 0 aliphatic carbocycles. The van der Waals surface area contributed by atoms with Crippen molar-refractivity contribution in [1.82, 2.24) is 10.3 Å². The summed E-state index contributed by atoms with van der Waals surface area (Å²) in [7, 11) is 0. The maximum absolute atomic E-state index is 12.5. The molecule has 136 valence electrons. The number of amides is 1. The number of nitrogens with one attached hydrogen (secondary N) is 1. The van der Waals surface area contributed by atoms with Gasteiger partial charge in [-0.15, -0.1) is 23.7 Å². The molecule has 3 N–H and O–H groups in total. The van der Waals surface area contributed by atoms with Gasteiger partial charge in [0.05, 0.1) is 11.0 Å². The molecule has 0 spiro atoms. The Kier molecular flexibility index (Phi) is 7.38. The van der Waals surface area contributed by atoms with Crippen LogP contribution < -0.4 is 11.1 Å². The van der Waals surface area contributed by atoms with Gasteiger partial charge in [0.25, 0.3) is 5.91 Å². The van der Waals surface area contributed by atoms with E-state index in [4.69, 9.17) is 10.5 Å². The first kappa shape index (κ1) is 19.8. The summed E-state index contributed by atoms with van der Waals surface area (Å²) in [4.78, 5) is 16.9. The van der Waals surface area contributed by atoms with E-state index in [2.05, 4.69) is 41.5 Å². The third-order valence-corrected chi connectivity index (χ3v) is 5.10. The molecule has 2 unspecified atom stereocenters. The lowest BCUT2D eigenvalue weighted by Crippen LogP contribution is -2.42. The van der Waals surface area contributed by atoms with Gasteiger partial charge in [0, 0.05) is 18.4 Å². The Bertz CT molecular complexity index is 690. The molecule has 0 saturated carbocycles. The molecule has 0 radical (unpaired) electrons. The van der Waals surface area contributed by atoms with E-state index in [1.54, 1.807) is 5.38 Å². The molecule has 1 aliphatic rings. The number of hydrogen-bond acceptors (Lipinski definition) is 5. The van der Waals surface area contributed by atoms with Gasteiger partial charge in [-0.05, 0) is 31.9 Å². The molecule has 1 fully saturated rings. The molecule has 0 bridgehead atoms. The van der Waals surface area contributed by atoms with Gasteiger partial charge in [0.15, 0.2) is 0 Å². The van der Waals surface area contributed by atoms with Gasteiger partial charge < -0.3 is 15.8 Å². The number of ether oxygens (including phenoxy) is 1.